The summed E-state index contributed by atoms with van der Waals surface area (Å²) in [6.45, 7) is 0. The van der Waals surface area contributed by atoms with Crippen molar-refractivity contribution in [3.05, 3.63) is 30.4 Å². The lowest BCUT2D eigenvalue weighted by molar-refractivity contribution is 0.665. The van der Waals surface area contributed by atoms with E-state index in [2.05, 4.69) is 19.9 Å². The third-order valence-corrected chi connectivity index (χ3v) is 3.31. The minimum Gasteiger partial charge on any atom is -0.368 e. The fourth-order valence-corrected chi connectivity index (χ4v) is 2.40. The van der Waals surface area contributed by atoms with Crippen LogP contribution in [0.15, 0.2) is 24.5 Å². The quantitative estimate of drug-likeness (QED) is 0.871. The molecular weight excluding hydrogens is 226 g/mol. The molecular formula is C13H15N5. The molecule has 92 valence electrons. The van der Waals surface area contributed by atoms with E-state index >= 15 is 0 Å². The first kappa shape index (κ1) is 11.1. The van der Waals surface area contributed by atoms with Crippen molar-refractivity contribution in [1.82, 2.24) is 19.9 Å². The number of anilines is 1. The number of hydrogen-bond acceptors (Lipinski definition) is 5. The Morgan fingerprint density at radius 3 is 2.67 bits per heavy atom. The fourth-order valence-electron chi connectivity index (χ4n) is 2.40. The lowest BCUT2D eigenvalue weighted by Crippen LogP contribution is -2.07. The van der Waals surface area contributed by atoms with Crippen molar-refractivity contribution < 1.29 is 0 Å². The fraction of sp³-hybridized carbons (Fsp3) is 0.385. The third-order valence-electron chi connectivity index (χ3n) is 3.31. The van der Waals surface area contributed by atoms with Crippen LogP contribution in [0, 0.1) is 0 Å². The molecule has 1 saturated carbocycles. The summed E-state index contributed by atoms with van der Waals surface area (Å²) in [7, 11) is 0. The van der Waals surface area contributed by atoms with Gasteiger partial charge in [-0.1, -0.05) is 12.8 Å². The topological polar surface area (TPSA) is 77.6 Å². The van der Waals surface area contributed by atoms with Gasteiger partial charge in [0.1, 0.15) is 5.82 Å². The van der Waals surface area contributed by atoms with Crippen LogP contribution in [0.25, 0.3) is 11.4 Å². The molecule has 1 fully saturated rings. The van der Waals surface area contributed by atoms with E-state index in [1.54, 1.807) is 12.4 Å². The number of nitrogen functional groups attached to an aromatic ring is 1. The Bertz CT molecular complexity index is 534. The second-order valence-electron chi connectivity index (χ2n) is 4.60. The molecule has 0 unspecified atom stereocenters. The lowest BCUT2D eigenvalue weighted by Gasteiger charge is -2.09. The largest absolute Gasteiger partial charge is 0.368 e. The predicted octanol–water partition coefficient (Wildman–Crippen LogP) is 2.17. The minimum atomic E-state index is 0.297. The zero-order chi connectivity index (χ0) is 12.4. The number of nitrogens with zero attached hydrogens (tertiary/aromatic N) is 4. The Labute approximate surface area is 106 Å². The summed E-state index contributed by atoms with van der Waals surface area (Å²) in [5.41, 5.74) is 6.66. The molecule has 2 aromatic heterocycles. The van der Waals surface area contributed by atoms with Crippen molar-refractivity contribution in [2.75, 3.05) is 5.73 Å². The smallest absolute Gasteiger partial charge is 0.223 e. The molecule has 0 radical (unpaired) electrons. The van der Waals surface area contributed by atoms with Gasteiger partial charge < -0.3 is 5.73 Å². The predicted molar refractivity (Wildman–Crippen MR) is 68.7 cm³/mol. The normalized spacial score (nSPS) is 16.0. The first-order valence-electron chi connectivity index (χ1n) is 6.25. The highest BCUT2D eigenvalue weighted by Crippen LogP contribution is 2.32. The van der Waals surface area contributed by atoms with Crippen LogP contribution in [0.2, 0.25) is 0 Å². The highest BCUT2D eigenvalue weighted by atomic mass is 15.1. The maximum absolute atomic E-state index is 5.78. The maximum atomic E-state index is 5.78. The van der Waals surface area contributed by atoms with Crippen molar-refractivity contribution in [3.8, 4) is 11.4 Å². The first-order valence-corrected chi connectivity index (χ1v) is 6.25. The summed E-state index contributed by atoms with van der Waals surface area (Å²) < 4.78 is 0. The van der Waals surface area contributed by atoms with Gasteiger partial charge in [0, 0.05) is 23.9 Å². The lowest BCUT2D eigenvalue weighted by atomic mass is 10.1. The van der Waals surface area contributed by atoms with E-state index in [0.717, 1.165) is 24.2 Å². The average molecular weight is 241 g/mol. The Balaban J connectivity index is 2.00. The number of aromatic nitrogens is 4. The number of pyridine rings is 1. The summed E-state index contributed by atoms with van der Waals surface area (Å²) in [4.78, 5) is 17.1. The van der Waals surface area contributed by atoms with E-state index in [1.165, 1.54) is 12.8 Å². The molecule has 2 N–H and O–H groups in total. The van der Waals surface area contributed by atoms with Gasteiger partial charge in [0.25, 0.3) is 0 Å². The summed E-state index contributed by atoms with van der Waals surface area (Å²) in [6.07, 6.45) is 8.27. The molecule has 0 spiro atoms. The van der Waals surface area contributed by atoms with E-state index < -0.39 is 0 Å². The molecule has 0 atom stereocenters. The average Bonchev–Trinajstić information content (AvgIpc) is 2.93. The number of hydrogen-bond donors (Lipinski definition) is 1. The Morgan fingerprint density at radius 1 is 1.11 bits per heavy atom. The second-order valence-corrected chi connectivity index (χ2v) is 4.60. The van der Waals surface area contributed by atoms with Crippen LogP contribution in [-0.4, -0.2) is 19.9 Å². The van der Waals surface area contributed by atoms with Crippen LogP contribution in [-0.2, 0) is 0 Å². The van der Waals surface area contributed by atoms with Crippen molar-refractivity contribution in [2.24, 2.45) is 0 Å². The van der Waals surface area contributed by atoms with Crippen LogP contribution in [0.5, 0.6) is 0 Å². The van der Waals surface area contributed by atoms with E-state index in [1.807, 2.05) is 12.1 Å². The highest BCUT2D eigenvalue weighted by molar-refractivity contribution is 5.54. The molecule has 2 aromatic rings. The van der Waals surface area contributed by atoms with Crippen LogP contribution in [0.3, 0.4) is 0 Å². The zero-order valence-corrected chi connectivity index (χ0v) is 10.1. The standard InChI is InChI=1S/C13H15N5/c14-13-17-11(9-4-1-2-5-9)16-12(18-13)10-6-3-7-15-8-10/h3,6-9H,1-2,4-5H2,(H2,14,16,17,18). The van der Waals surface area contributed by atoms with E-state index in [0.29, 0.717) is 17.7 Å². The van der Waals surface area contributed by atoms with Gasteiger partial charge in [-0.05, 0) is 25.0 Å². The van der Waals surface area contributed by atoms with Gasteiger partial charge in [-0.15, -0.1) is 0 Å². The molecule has 0 aliphatic heterocycles. The second kappa shape index (κ2) is 4.68. The van der Waals surface area contributed by atoms with Crippen molar-refractivity contribution in [3.63, 3.8) is 0 Å². The Kier molecular flexibility index (Phi) is 2.88. The van der Waals surface area contributed by atoms with Crippen LogP contribution in [0.4, 0.5) is 5.95 Å². The number of rotatable bonds is 2. The molecule has 5 nitrogen and oxygen atoms in total. The molecule has 18 heavy (non-hydrogen) atoms. The Morgan fingerprint density at radius 2 is 1.94 bits per heavy atom. The van der Waals surface area contributed by atoms with Crippen molar-refractivity contribution >= 4 is 5.95 Å². The first-order chi connectivity index (χ1) is 8.83. The Hall–Kier alpha value is -2.04. The van der Waals surface area contributed by atoms with Gasteiger partial charge in [0.2, 0.25) is 5.95 Å². The van der Waals surface area contributed by atoms with Gasteiger partial charge in [-0.3, -0.25) is 4.98 Å². The zero-order valence-electron chi connectivity index (χ0n) is 10.1. The molecule has 2 heterocycles. The molecule has 0 saturated heterocycles. The SMILES string of the molecule is Nc1nc(-c2cccnc2)nc(C2CCCC2)n1. The van der Waals surface area contributed by atoms with Crippen LogP contribution < -0.4 is 5.73 Å². The number of nitrogens with two attached hydrogens (primary N) is 1. The van der Waals surface area contributed by atoms with Gasteiger partial charge in [0.15, 0.2) is 5.82 Å². The molecule has 1 aliphatic rings. The van der Waals surface area contributed by atoms with Crippen LogP contribution in [0.1, 0.15) is 37.4 Å². The summed E-state index contributed by atoms with van der Waals surface area (Å²) in [6, 6.07) is 3.80. The summed E-state index contributed by atoms with van der Waals surface area (Å²) >= 11 is 0. The third kappa shape index (κ3) is 2.16. The molecule has 0 aromatic carbocycles. The van der Waals surface area contributed by atoms with Gasteiger partial charge in [-0.2, -0.15) is 9.97 Å². The molecule has 0 amide bonds. The molecule has 3 rings (SSSR count). The molecule has 0 bridgehead atoms. The van der Waals surface area contributed by atoms with Gasteiger partial charge in [0.05, 0.1) is 0 Å². The highest BCUT2D eigenvalue weighted by Gasteiger charge is 2.21. The van der Waals surface area contributed by atoms with Gasteiger partial charge >= 0.3 is 0 Å². The van der Waals surface area contributed by atoms with Crippen LogP contribution >= 0.6 is 0 Å². The van der Waals surface area contributed by atoms with Crippen molar-refractivity contribution in [2.45, 2.75) is 31.6 Å². The monoisotopic (exact) mass is 241 g/mol. The van der Waals surface area contributed by atoms with E-state index in [9.17, 15) is 0 Å². The minimum absolute atomic E-state index is 0.297. The summed E-state index contributed by atoms with van der Waals surface area (Å²) in [5, 5.41) is 0. The maximum Gasteiger partial charge on any atom is 0.223 e. The molecule has 5 heteroatoms. The van der Waals surface area contributed by atoms with Gasteiger partial charge in [-0.25, -0.2) is 4.98 Å². The molecule has 1 aliphatic carbocycles. The van der Waals surface area contributed by atoms with Crippen molar-refractivity contribution in [1.29, 1.82) is 0 Å². The summed E-state index contributed by atoms with van der Waals surface area (Å²) in [5.74, 6) is 2.19. The van der Waals surface area contributed by atoms with E-state index in [4.69, 9.17) is 5.73 Å². The van der Waals surface area contributed by atoms with E-state index in [-0.39, 0.29) is 0 Å².